The molecular weight excluding hydrogens is 290 g/mol. The Morgan fingerprint density at radius 2 is 1.57 bits per heavy atom. The first kappa shape index (κ1) is 16.4. The highest BCUT2D eigenvalue weighted by atomic mass is 16.2. The van der Waals surface area contributed by atoms with Gasteiger partial charge in [0.15, 0.2) is 0 Å². The third kappa shape index (κ3) is 4.78. The van der Waals surface area contributed by atoms with Crippen LogP contribution in [0, 0.1) is 20.8 Å². The minimum atomic E-state index is -0.811. The number of carbonyl (C=O) groups is 2. The van der Waals surface area contributed by atoms with Crippen LogP contribution in [0.25, 0.3) is 0 Å². The molecule has 0 aromatic heterocycles. The predicted octanol–water partition coefficient (Wildman–Crippen LogP) is 2.70. The SMILES string of the molecule is Cc1ccc(C=NNC(=O)C(=O)Nc2cc(C)ccc2C)cc1. The molecule has 0 saturated heterocycles. The second-order valence-electron chi connectivity index (χ2n) is 5.38. The Kier molecular flexibility index (Phi) is 5.25. The molecule has 0 radical (unpaired) electrons. The van der Waals surface area contributed by atoms with Gasteiger partial charge in [-0.1, -0.05) is 42.0 Å². The zero-order valence-electron chi connectivity index (χ0n) is 13.4. The highest BCUT2D eigenvalue weighted by Crippen LogP contribution is 2.16. The van der Waals surface area contributed by atoms with Crippen LogP contribution in [0.4, 0.5) is 5.69 Å². The molecule has 2 rings (SSSR count). The molecule has 118 valence electrons. The maximum Gasteiger partial charge on any atom is 0.329 e. The van der Waals surface area contributed by atoms with Gasteiger partial charge in [-0.25, -0.2) is 5.43 Å². The lowest BCUT2D eigenvalue weighted by atomic mass is 10.1. The maximum absolute atomic E-state index is 11.9. The molecule has 2 aromatic carbocycles. The number of amides is 2. The normalized spacial score (nSPS) is 10.6. The van der Waals surface area contributed by atoms with Crippen molar-refractivity contribution in [3.05, 3.63) is 64.7 Å². The summed E-state index contributed by atoms with van der Waals surface area (Å²) in [5, 5.41) is 6.37. The molecule has 2 amide bonds. The number of nitrogens with one attached hydrogen (secondary N) is 2. The number of hydrogen-bond donors (Lipinski definition) is 2. The summed E-state index contributed by atoms with van der Waals surface area (Å²) in [5.74, 6) is -1.56. The van der Waals surface area contributed by atoms with Crippen LogP contribution in [0.1, 0.15) is 22.3 Å². The van der Waals surface area contributed by atoms with E-state index in [0.717, 1.165) is 22.3 Å². The molecule has 2 aromatic rings. The van der Waals surface area contributed by atoms with E-state index in [9.17, 15) is 9.59 Å². The van der Waals surface area contributed by atoms with E-state index in [4.69, 9.17) is 0 Å². The zero-order chi connectivity index (χ0) is 16.8. The fourth-order valence-electron chi connectivity index (χ4n) is 1.92. The van der Waals surface area contributed by atoms with Gasteiger partial charge < -0.3 is 5.32 Å². The number of carbonyl (C=O) groups excluding carboxylic acids is 2. The van der Waals surface area contributed by atoms with Crippen LogP contribution in [0.5, 0.6) is 0 Å². The van der Waals surface area contributed by atoms with Crippen molar-refractivity contribution in [2.24, 2.45) is 5.10 Å². The Balaban J connectivity index is 1.93. The van der Waals surface area contributed by atoms with Crippen LogP contribution in [0.3, 0.4) is 0 Å². The van der Waals surface area contributed by atoms with Crippen molar-refractivity contribution in [3.63, 3.8) is 0 Å². The lowest BCUT2D eigenvalue weighted by Crippen LogP contribution is -2.32. The summed E-state index contributed by atoms with van der Waals surface area (Å²) in [7, 11) is 0. The van der Waals surface area contributed by atoms with Crippen molar-refractivity contribution in [2.75, 3.05) is 5.32 Å². The third-order valence-corrected chi connectivity index (χ3v) is 3.30. The number of benzene rings is 2. The van der Waals surface area contributed by atoms with Crippen molar-refractivity contribution in [1.82, 2.24) is 5.43 Å². The topological polar surface area (TPSA) is 70.6 Å². The zero-order valence-corrected chi connectivity index (χ0v) is 13.4. The van der Waals surface area contributed by atoms with Crippen LogP contribution in [0.15, 0.2) is 47.6 Å². The molecular formula is C18H19N3O2. The summed E-state index contributed by atoms with van der Waals surface area (Å²) >= 11 is 0. The molecule has 0 spiro atoms. The molecule has 0 heterocycles. The number of anilines is 1. The molecule has 5 heteroatoms. The molecule has 0 aliphatic rings. The monoisotopic (exact) mass is 309 g/mol. The summed E-state index contributed by atoms with van der Waals surface area (Å²) in [6.07, 6.45) is 1.49. The van der Waals surface area contributed by atoms with Crippen molar-refractivity contribution >= 4 is 23.7 Å². The first-order valence-electron chi connectivity index (χ1n) is 7.24. The molecule has 0 atom stereocenters. The maximum atomic E-state index is 11.9. The van der Waals surface area contributed by atoms with Crippen molar-refractivity contribution in [2.45, 2.75) is 20.8 Å². The quantitative estimate of drug-likeness (QED) is 0.520. The third-order valence-electron chi connectivity index (χ3n) is 3.30. The van der Waals surface area contributed by atoms with E-state index in [-0.39, 0.29) is 0 Å². The summed E-state index contributed by atoms with van der Waals surface area (Å²) in [6.45, 7) is 5.77. The van der Waals surface area contributed by atoms with Gasteiger partial charge in [-0.2, -0.15) is 5.10 Å². The smallest absolute Gasteiger partial charge is 0.317 e. The minimum absolute atomic E-state index is 0.618. The Hall–Kier alpha value is -2.95. The minimum Gasteiger partial charge on any atom is -0.317 e. The van der Waals surface area contributed by atoms with Crippen LogP contribution >= 0.6 is 0 Å². The van der Waals surface area contributed by atoms with Gasteiger partial charge in [-0.15, -0.1) is 0 Å². The van der Waals surface area contributed by atoms with Gasteiger partial charge in [0.25, 0.3) is 0 Å². The van der Waals surface area contributed by atoms with E-state index >= 15 is 0 Å². The average Bonchev–Trinajstić information content (AvgIpc) is 2.52. The fraction of sp³-hybridized carbons (Fsp3) is 0.167. The number of rotatable bonds is 3. The Morgan fingerprint density at radius 3 is 2.26 bits per heavy atom. The fourth-order valence-corrected chi connectivity index (χ4v) is 1.92. The lowest BCUT2D eigenvalue weighted by molar-refractivity contribution is -0.136. The first-order chi connectivity index (χ1) is 11.0. The Bertz CT molecular complexity index is 749. The van der Waals surface area contributed by atoms with E-state index in [1.807, 2.05) is 63.2 Å². The second-order valence-corrected chi connectivity index (χ2v) is 5.38. The van der Waals surface area contributed by atoms with E-state index in [1.54, 1.807) is 0 Å². The number of hydrogen-bond acceptors (Lipinski definition) is 3. The summed E-state index contributed by atoms with van der Waals surface area (Å²) in [6, 6.07) is 13.3. The van der Waals surface area contributed by atoms with E-state index < -0.39 is 11.8 Å². The van der Waals surface area contributed by atoms with E-state index in [0.29, 0.717) is 5.69 Å². The van der Waals surface area contributed by atoms with Crippen LogP contribution in [0.2, 0.25) is 0 Å². The van der Waals surface area contributed by atoms with Gasteiger partial charge >= 0.3 is 11.8 Å². The summed E-state index contributed by atoms with van der Waals surface area (Å²) < 4.78 is 0. The molecule has 0 saturated carbocycles. The van der Waals surface area contributed by atoms with Gasteiger partial charge in [-0.3, -0.25) is 9.59 Å². The van der Waals surface area contributed by atoms with E-state index in [1.165, 1.54) is 6.21 Å². The molecule has 2 N–H and O–H groups in total. The lowest BCUT2D eigenvalue weighted by Gasteiger charge is -2.08. The van der Waals surface area contributed by atoms with Gasteiger partial charge in [0, 0.05) is 5.69 Å². The second kappa shape index (κ2) is 7.35. The van der Waals surface area contributed by atoms with Crippen LogP contribution in [-0.2, 0) is 9.59 Å². The highest BCUT2D eigenvalue weighted by Gasteiger charge is 2.13. The first-order valence-corrected chi connectivity index (χ1v) is 7.24. The number of nitrogens with zero attached hydrogens (tertiary/aromatic N) is 1. The summed E-state index contributed by atoms with van der Waals surface area (Å²) in [4.78, 5) is 23.6. The van der Waals surface area contributed by atoms with E-state index in [2.05, 4.69) is 15.8 Å². The molecule has 0 unspecified atom stereocenters. The Labute approximate surface area is 135 Å². The molecule has 0 aliphatic carbocycles. The van der Waals surface area contributed by atoms with Gasteiger partial charge in [0.2, 0.25) is 0 Å². The molecule has 0 fully saturated rings. The number of hydrazone groups is 1. The molecule has 0 bridgehead atoms. The van der Waals surface area contributed by atoms with Gasteiger partial charge in [0.1, 0.15) is 0 Å². The van der Waals surface area contributed by atoms with Gasteiger partial charge in [-0.05, 0) is 43.5 Å². The highest BCUT2D eigenvalue weighted by molar-refractivity contribution is 6.39. The standard InChI is InChI=1S/C18H19N3O2/c1-12-5-8-15(9-6-12)11-19-21-18(23)17(22)20-16-10-13(2)4-7-14(16)3/h4-11H,1-3H3,(H,20,22)(H,21,23). The van der Waals surface area contributed by atoms with Crippen molar-refractivity contribution < 1.29 is 9.59 Å². The van der Waals surface area contributed by atoms with Crippen LogP contribution in [-0.4, -0.2) is 18.0 Å². The largest absolute Gasteiger partial charge is 0.329 e. The van der Waals surface area contributed by atoms with Gasteiger partial charge in [0.05, 0.1) is 6.21 Å². The predicted molar refractivity (Wildman–Crippen MR) is 91.5 cm³/mol. The molecule has 0 aliphatic heterocycles. The van der Waals surface area contributed by atoms with Crippen molar-refractivity contribution in [1.29, 1.82) is 0 Å². The summed E-state index contributed by atoms with van der Waals surface area (Å²) in [5.41, 5.74) is 6.71. The van der Waals surface area contributed by atoms with Crippen molar-refractivity contribution in [3.8, 4) is 0 Å². The molecule has 23 heavy (non-hydrogen) atoms. The molecule has 5 nitrogen and oxygen atoms in total. The average molecular weight is 309 g/mol. The Morgan fingerprint density at radius 1 is 0.913 bits per heavy atom. The number of aryl methyl sites for hydroxylation is 3. The van der Waals surface area contributed by atoms with Crippen LogP contribution < -0.4 is 10.7 Å².